The quantitative estimate of drug-likeness (QED) is 0.642. The SMILES string of the molecule is O=C(c1nc(-c2ccc(F)c(Cl)c2)c(-c2cccc(Cl)c2)s1)N1CNC(O)C1. The third kappa shape index (κ3) is 3.76. The van der Waals surface area contributed by atoms with E-state index < -0.39 is 12.0 Å². The molecule has 1 aliphatic heterocycles. The third-order valence-electron chi connectivity index (χ3n) is 4.29. The first-order valence-electron chi connectivity index (χ1n) is 8.35. The van der Waals surface area contributed by atoms with E-state index in [-0.39, 0.29) is 29.2 Å². The number of rotatable bonds is 3. The molecule has 2 N–H and O–H groups in total. The van der Waals surface area contributed by atoms with E-state index in [0.29, 0.717) is 16.3 Å². The van der Waals surface area contributed by atoms with Crippen LogP contribution in [0.15, 0.2) is 42.5 Å². The number of nitrogens with one attached hydrogen (secondary N) is 1. The summed E-state index contributed by atoms with van der Waals surface area (Å²) in [5.41, 5.74) is 1.90. The predicted octanol–water partition coefficient (Wildman–Crippen LogP) is 4.24. The fraction of sp³-hybridized carbons (Fsp3) is 0.158. The Bertz CT molecular complexity index is 1060. The van der Waals surface area contributed by atoms with E-state index in [1.165, 1.54) is 28.4 Å². The van der Waals surface area contributed by atoms with Crippen LogP contribution in [0.4, 0.5) is 4.39 Å². The number of aromatic nitrogens is 1. The molecule has 1 atom stereocenters. The first kappa shape index (κ1) is 19.3. The van der Waals surface area contributed by atoms with Gasteiger partial charge >= 0.3 is 0 Å². The number of hydrogen-bond donors (Lipinski definition) is 2. The van der Waals surface area contributed by atoms with Crippen molar-refractivity contribution in [3.05, 3.63) is 63.3 Å². The van der Waals surface area contributed by atoms with Gasteiger partial charge in [0.15, 0.2) is 5.01 Å². The van der Waals surface area contributed by atoms with Crippen molar-refractivity contribution in [2.45, 2.75) is 6.23 Å². The fourth-order valence-corrected chi connectivity index (χ4v) is 4.34. The molecule has 0 saturated carbocycles. The molecule has 1 fully saturated rings. The Morgan fingerprint density at radius 2 is 2.07 bits per heavy atom. The van der Waals surface area contributed by atoms with Crippen LogP contribution in [0.3, 0.4) is 0 Å². The van der Waals surface area contributed by atoms with Crippen molar-refractivity contribution in [1.82, 2.24) is 15.2 Å². The summed E-state index contributed by atoms with van der Waals surface area (Å²) in [7, 11) is 0. The monoisotopic (exact) mass is 437 g/mol. The zero-order chi connectivity index (χ0) is 19.8. The molecule has 4 rings (SSSR count). The van der Waals surface area contributed by atoms with Crippen molar-refractivity contribution in [2.24, 2.45) is 0 Å². The van der Waals surface area contributed by atoms with Crippen LogP contribution < -0.4 is 5.32 Å². The van der Waals surface area contributed by atoms with Crippen LogP contribution >= 0.6 is 34.5 Å². The van der Waals surface area contributed by atoms with Crippen molar-refractivity contribution in [1.29, 1.82) is 0 Å². The lowest BCUT2D eigenvalue weighted by atomic mass is 10.1. The molecule has 0 bridgehead atoms. The smallest absolute Gasteiger partial charge is 0.284 e. The molecular weight excluding hydrogens is 424 g/mol. The number of hydrogen-bond acceptors (Lipinski definition) is 5. The van der Waals surface area contributed by atoms with Gasteiger partial charge in [0, 0.05) is 10.6 Å². The van der Waals surface area contributed by atoms with E-state index >= 15 is 0 Å². The first-order valence-corrected chi connectivity index (χ1v) is 9.92. The van der Waals surface area contributed by atoms with Crippen LogP contribution in [0.1, 0.15) is 9.80 Å². The van der Waals surface area contributed by atoms with Gasteiger partial charge in [-0.1, -0.05) is 35.3 Å². The van der Waals surface area contributed by atoms with Gasteiger partial charge in [0.2, 0.25) is 0 Å². The number of halogens is 3. The maximum Gasteiger partial charge on any atom is 0.284 e. The number of benzene rings is 2. The predicted molar refractivity (Wildman–Crippen MR) is 108 cm³/mol. The molecule has 1 aromatic heterocycles. The van der Waals surface area contributed by atoms with Gasteiger partial charge in [-0.25, -0.2) is 9.37 Å². The summed E-state index contributed by atoms with van der Waals surface area (Å²) in [6, 6.07) is 11.5. The second-order valence-electron chi connectivity index (χ2n) is 6.24. The Morgan fingerprint density at radius 1 is 1.25 bits per heavy atom. The van der Waals surface area contributed by atoms with Gasteiger partial charge in [-0.15, -0.1) is 11.3 Å². The maximum absolute atomic E-state index is 13.6. The van der Waals surface area contributed by atoms with Crippen LogP contribution in [-0.4, -0.2) is 40.3 Å². The minimum atomic E-state index is -0.758. The molecule has 144 valence electrons. The van der Waals surface area contributed by atoms with Gasteiger partial charge in [-0.3, -0.25) is 10.1 Å². The number of carbonyl (C=O) groups is 1. The summed E-state index contributed by atoms with van der Waals surface area (Å²) in [6.45, 7) is 0.423. The van der Waals surface area contributed by atoms with E-state index in [0.717, 1.165) is 10.4 Å². The number of β-amino-alcohol motifs (C(OH)–C–C–N with tert-alkyl or cyclic N) is 1. The van der Waals surface area contributed by atoms with Crippen LogP contribution in [0.5, 0.6) is 0 Å². The summed E-state index contributed by atoms with van der Waals surface area (Å²) in [5.74, 6) is -0.824. The van der Waals surface area contributed by atoms with Gasteiger partial charge in [0.05, 0.1) is 28.8 Å². The minimum Gasteiger partial charge on any atom is -0.377 e. The van der Waals surface area contributed by atoms with Crippen LogP contribution in [-0.2, 0) is 0 Å². The van der Waals surface area contributed by atoms with E-state index in [4.69, 9.17) is 23.2 Å². The van der Waals surface area contributed by atoms with Gasteiger partial charge in [0.25, 0.3) is 5.91 Å². The topological polar surface area (TPSA) is 65.5 Å². The number of thiazole rings is 1. The Labute approximate surface area is 174 Å². The van der Waals surface area contributed by atoms with E-state index in [2.05, 4.69) is 10.3 Å². The zero-order valence-corrected chi connectivity index (χ0v) is 16.7. The van der Waals surface area contributed by atoms with Crippen LogP contribution in [0.2, 0.25) is 10.0 Å². The molecule has 5 nitrogen and oxygen atoms in total. The second kappa shape index (κ2) is 7.77. The molecule has 28 heavy (non-hydrogen) atoms. The number of nitrogens with zero attached hydrogens (tertiary/aromatic N) is 2. The molecule has 1 amide bonds. The lowest BCUT2D eigenvalue weighted by Gasteiger charge is -2.11. The molecule has 2 heterocycles. The van der Waals surface area contributed by atoms with E-state index in [9.17, 15) is 14.3 Å². The highest BCUT2D eigenvalue weighted by atomic mass is 35.5. The molecule has 0 spiro atoms. The number of aliphatic hydroxyl groups excluding tert-OH is 1. The first-order chi connectivity index (χ1) is 13.4. The summed E-state index contributed by atoms with van der Waals surface area (Å²) in [5, 5.41) is 13.2. The highest BCUT2D eigenvalue weighted by Crippen LogP contribution is 2.39. The minimum absolute atomic E-state index is 0.0257. The van der Waals surface area contributed by atoms with Crippen molar-refractivity contribution in [3.8, 4) is 21.7 Å². The summed E-state index contributed by atoms with van der Waals surface area (Å²) >= 11 is 13.3. The second-order valence-corrected chi connectivity index (χ2v) is 8.08. The van der Waals surface area contributed by atoms with Crippen LogP contribution in [0.25, 0.3) is 21.7 Å². The van der Waals surface area contributed by atoms with Crippen molar-refractivity contribution in [3.63, 3.8) is 0 Å². The highest BCUT2D eigenvalue weighted by molar-refractivity contribution is 7.17. The standard InChI is InChI=1S/C19H14Cl2FN3O2S/c20-12-3-1-2-11(6-12)17-16(10-4-5-14(22)13(21)7-10)24-18(28-17)19(27)25-8-15(26)23-9-25/h1-7,15,23,26H,8-9H2. The fourth-order valence-electron chi connectivity index (χ4n) is 2.92. The summed E-state index contributed by atoms with van der Waals surface area (Å²) in [6.07, 6.45) is -0.758. The Hall–Kier alpha value is -2.03. The summed E-state index contributed by atoms with van der Waals surface area (Å²) < 4.78 is 13.6. The molecule has 0 radical (unpaired) electrons. The largest absolute Gasteiger partial charge is 0.377 e. The van der Waals surface area contributed by atoms with Crippen LogP contribution in [0, 0.1) is 5.82 Å². The Morgan fingerprint density at radius 3 is 2.75 bits per heavy atom. The van der Waals surface area contributed by atoms with Crippen molar-refractivity contribution >= 4 is 40.4 Å². The van der Waals surface area contributed by atoms with E-state index in [1.54, 1.807) is 24.3 Å². The third-order valence-corrected chi connectivity index (χ3v) is 5.91. The lowest BCUT2D eigenvalue weighted by molar-refractivity contribution is 0.0764. The molecule has 0 aliphatic carbocycles. The van der Waals surface area contributed by atoms with E-state index in [1.807, 2.05) is 6.07 Å². The number of amides is 1. The molecule has 9 heteroatoms. The molecular formula is C19H14Cl2FN3O2S. The average Bonchev–Trinajstić information content (AvgIpc) is 3.30. The van der Waals surface area contributed by atoms with Gasteiger partial charge in [0.1, 0.15) is 12.0 Å². The Kier molecular flexibility index (Phi) is 5.35. The molecule has 1 unspecified atom stereocenters. The molecule has 2 aromatic carbocycles. The van der Waals surface area contributed by atoms with Crippen molar-refractivity contribution < 1.29 is 14.3 Å². The van der Waals surface area contributed by atoms with Gasteiger partial charge in [-0.05, 0) is 35.9 Å². The maximum atomic E-state index is 13.6. The number of aliphatic hydroxyl groups is 1. The van der Waals surface area contributed by atoms with Gasteiger partial charge in [-0.2, -0.15) is 0 Å². The number of carbonyl (C=O) groups excluding carboxylic acids is 1. The average molecular weight is 438 g/mol. The zero-order valence-electron chi connectivity index (χ0n) is 14.3. The van der Waals surface area contributed by atoms with Crippen molar-refractivity contribution in [2.75, 3.05) is 13.2 Å². The Balaban J connectivity index is 1.82. The molecule has 1 saturated heterocycles. The lowest BCUT2D eigenvalue weighted by Crippen LogP contribution is -2.29. The summed E-state index contributed by atoms with van der Waals surface area (Å²) in [4.78, 5) is 19.5. The van der Waals surface area contributed by atoms with Gasteiger partial charge < -0.3 is 10.0 Å². The molecule has 3 aromatic rings. The highest BCUT2D eigenvalue weighted by Gasteiger charge is 2.28. The normalized spacial score (nSPS) is 16.6. The molecule has 1 aliphatic rings.